The predicted molar refractivity (Wildman–Crippen MR) is 142 cm³/mol. The van der Waals surface area contributed by atoms with Crippen LogP contribution in [0.15, 0.2) is 66.1 Å². The first-order chi connectivity index (χ1) is 20.3. The summed E-state index contributed by atoms with van der Waals surface area (Å²) in [6.45, 7) is 6.29. The highest BCUT2D eigenvalue weighted by Crippen LogP contribution is 2.47. The summed E-state index contributed by atoms with van der Waals surface area (Å²) in [5.41, 5.74) is -6.49. The molecule has 2 aromatic heterocycles. The van der Waals surface area contributed by atoms with Gasteiger partial charge in [0.1, 0.15) is 11.4 Å². The molecule has 2 heterocycles. The van der Waals surface area contributed by atoms with Crippen molar-refractivity contribution < 1.29 is 45.2 Å². The Morgan fingerprint density at radius 1 is 1.12 bits per heavy atom. The van der Waals surface area contributed by atoms with Crippen molar-refractivity contribution in [1.29, 1.82) is 0 Å². The smallest absolute Gasteiger partial charge is 0.415 e. The molecular weight excluding hydrogens is 588 g/mol. The number of methoxy groups -OCH3 is 1. The third-order valence-corrected chi connectivity index (χ3v) is 6.12. The number of allylic oxidation sites excluding steroid dienone is 1. The van der Waals surface area contributed by atoms with Crippen LogP contribution in [0.5, 0.6) is 0 Å². The van der Waals surface area contributed by atoms with E-state index < -0.39 is 76.5 Å². The molecule has 232 valence electrons. The van der Waals surface area contributed by atoms with Gasteiger partial charge in [0, 0.05) is 19.6 Å². The van der Waals surface area contributed by atoms with Crippen molar-refractivity contribution in [3.05, 3.63) is 88.8 Å². The van der Waals surface area contributed by atoms with Gasteiger partial charge in [-0.3, -0.25) is 10.1 Å². The second-order valence-corrected chi connectivity index (χ2v) is 9.17. The van der Waals surface area contributed by atoms with Crippen molar-refractivity contribution in [2.45, 2.75) is 49.9 Å². The van der Waals surface area contributed by atoms with Gasteiger partial charge in [-0.1, -0.05) is 42.5 Å². The van der Waals surface area contributed by atoms with Gasteiger partial charge in [-0.15, -0.1) is 23.4 Å². The molecular formula is C27H27F6N5O5. The number of halogens is 6. The van der Waals surface area contributed by atoms with Gasteiger partial charge in [0.05, 0.1) is 24.2 Å². The van der Waals surface area contributed by atoms with Crippen molar-refractivity contribution in [2.75, 3.05) is 19.0 Å². The number of anilines is 1. The highest BCUT2D eigenvalue weighted by molar-refractivity contribution is 5.68. The third kappa shape index (κ3) is 7.75. The molecule has 0 aliphatic heterocycles. The lowest BCUT2D eigenvalue weighted by molar-refractivity contribution is -0.384. The van der Waals surface area contributed by atoms with E-state index in [4.69, 9.17) is 13.9 Å². The number of alkyl halides is 6. The SMILES string of the molecule is C=CCCC(COC)Nc1nc(-c2nnc([C@@](CC=C)(OCc3ccccc3)C(F)(F)F)o2)c([N+](=O)[O-])cc1C(F)(F)F. The number of nitrogens with one attached hydrogen (secondary N) is 1. The summed E-state index contributed by atoms with van der Waals surface area (Å²) in [5.74, 6) is -2.94. The Balaban J connectivity index is 2.17. The molecule has 3 rings (SSSR count). The molecule has 1 unspecified atom stereocenters. The normalized spacial score (nSPS) is 14.1. The van der Waals surface area contributed by atoms with E-state index in [2.05, 4.69) is 33.7 Å². The third-order valence-electron chi connectivity index (χ3n) is 6.12. The Bertz CT molecular complexity index is 1410. The summed E-state index contributed by atoms with van der Waals surface area (Å²) >= 11 is 0. The number of hydrogen-bond acceptors (Lipinski definition) is 9. The van der Waals surface area contributed by atoms with Crippen LogP contribution in [-0.4, -0.2) is 46.0 Å². The van der Waals surface area contributed by atoms with Crippen LogP contribution in [0.25, 0.3) is 11.6 Å². The topological polar surface area (TPSA) is 125 Å². The fourth-order valence-corrected chi connectivity index (χ4v) is 4.03. The summed E-state index contributed by atoms with van der Waals surface area (Å²) in [6, 6.07) is 7.30. The number of hydrogen-bond donors (Lipinski definition) is 1. The van der Waals surface area contributed by atoms with Gasteiger partial charge in [-0.25, -0.2) is 4.98 Å². The van der Waals surface area contributed by atoms with Crippen LogP contribution in [0, 0.1) is 10.1 Å². The Morgan fingerprint density at radius 2 is 1.81 bits per heavy atom. The molecule has 1 N–H and O–H groups in total. The Morgan fingerprint density at radius 3 is 2.37 bits per heavy atom. The lowest BCUT2D eigenvalue weighted by Crippen LogP contribution is -2.45. The van der Waals surface area contributed by atoms with Crippen LogP contribution in [0.2, 0.25) is 0 Å². The number of nitro groups is 1. The molecule has 3 aromatic rings. The van der Waals surface area contributed by atoms with E-state index in [1.54, 1.807) is 18.2 Å². The van der Waals surface area contributed by atoms with E-state index >= 15 is 0 Å². The molecule has 0 radical (unpaired) electrons. The fourth-order valence-electron chi connectivity index (χ4n) is 4.03. The Hall–Kier alpha value is -4.31. The first-order valence-corrected chi connectivity index (χ1v) is 12.6. The lowest BCUT2D eigenvalue weighted by atomic mass is 9.98. The maximum atomic E-state index is 14.6. The van der Waals surface area contributed by atoms with E-state index in [1.165, 1.54) is 25.3 Å². The minimum absolute atomic E-state index is 0.0712. The van der Waals surface area contributed by atoms with E-state index in [1.807, 2.05) is 0 Å². The zero-order valence-corrected chi connectivity index (χ0v) is 22.7. The van der Waals surface area contributed by atoms with Gasteiger partial charge in [0.15, 0.2) is 0 Å². The lowest BCUT2D eigenvalue weighted by Gasteiger charge is -2.31. The average Bonchev–Trinajstić information content (AvgIpc) is 3.43. The molecule has 2 atom stereocenters. The van der Waals surface area contributed by atoms with Crippen molar-refractivity contribution in [3.8, 4) is 11.6 Å². The summed E-state index contributed by atoms with van der Waals surface area (Å²) in [6.07, 6.45) is -8.10. The molecule has 16 heteroatoms. The zero-order chi connectivity index (χ0) is 31.8. The molecule has 43 heavy (non-hydrogen) atoms. The molecule has 0 bridgehead atoms. The number of ether oxygens (including phenoxy) is 2. The van der Waals surface area contributed by atoms with Crippen molar-refractivity contribution in [3.63, 3.8) is 0 Å². The molecule has 0 aliphatic carbocycles. The summed E-state index contributed by atoms with van der Waals surface area (Å²) in [4.78, 5) is 14.4. The molecule has 0 saturated heterocycles. The molecule has 10 nitrogen and oxygen atoms in total. The van der Waals surface area contributed by atoms with E-state index in [9.17, 15) is 36.5 Å². The number of rotatable bonds is 15. The minimum Gasteiger partial charge on any atom is -0.415 e. The van der Waals surface area contributed by atoms with Gasteiger partial charge in [-0.2, -0.15) is 26.3 Å². The molecule has 0 aliphatic rings. The molecule has 0 fully saturated rings. The van der Waals surface area contributed by atoms with Gasteiger partial charge < -0.3 is 19.2 Å². The molecule has 0 saturated carbocycles. The first-order valence-electron chi connectivity index (χ1n) is 12.6. The summed E-state index contributed by atoms with van der Waals surface area (Å²) in [5, 5.41) is 21.3. The maximum absolute atomic E-state index is 14.6. The predicted octanol–water partition coefficient (Wildman–Crippen LogP) is 7.00. The van der Waals surface area contributed by atoms with Gasteiger partial charge >= 0.3 is 18.0 Å². The van der Waals surface area contributed by atoms with E-state index in [0.717, 1.165) is 6.08 Å². The highest BCUT2D eigenvalue weighted by Gasteiger charge is 2.61. The summed E-state index contributed by atoms with van der Waals surface area (Å²) in [7, 11) is 1.32. The monoisotopic (exact) mass is 615 g/mol. The van der Waals surface area contributed by atoms with Crippen LogP contribution in [0.3, 0.4) is 0 Å². The molecule has 1 aromatic carbocycles. The van der Waals surface area contributed by atoms with Crippen LogP contribution < -0.4 is 5.32 Å². The zero-order valence-electron chi connectivity index (χ0n) is 22.7. The van der Waals surface area contributed by atoms with Crippen LogP contribution in [0.4, 0.5) is 37.8 Å². The highest BCUT2D eigenvalue weighted by atomic mass is 19.4. The van der Waals surface area contributed by atoms with Crippen molar-refractivity contribution >= 4 is 11.5 Å². The number of benzene rings is 1. The summed E-state index contributed by atoms with van der Waals surface area (Å²) < 4.78 is 101. The van der Waals surface area contributed by atoms with Gasteiger partial charge in [0.2, 0.25) is 11.3 Å². The minimum atomic E-state index is -5.16. The van der Waals surface area contributed by atoms with Crippen LogP contribution >= 0.6 is 0 Å². The first kappa shape index (κ1) is 33.2. The fraction of sp³-hybridized carbons (Fsp3) is 0.370. The molecule has 0 spiro atoms. The van der Waals surface area contributed by atoms with Gasteiger partial charge in [0.25, 0.3) is 11.8 Å². The standard InChI is InChI=1S/C27H27F6N5O5/c1-4-6-12-18(16-41-3)34-22-19(26(28,29)30)14-20(38(39)40)21(35-22)23-36-37-24(43-23)25(13-5-2,27(31,32)33)42-15-17-10-8-7-9-11-17/h4-5,7-11,14,18H,1-2,6,12-13,15-16H2,3H3,(H,34,35)/t18?,25-/m1/s1. The largest absolute Gasteiger partial charge is 0.426 e. The number of nitrogens with zero attached hydrogens (tertiary/aromatic N) is 4. The second kappa shape index (κ2) is 13.8. The average molecular weight is 616 g/mol. The Labute approximate surface area is 241 Å². The van der Waals surface area contributed by atoms with E-state index in [0.29, 0.717) is 12.0 Å². The Kier molecular flexibility index (Phi) is 10.6. The van der Waals surface area contributed by atoms with Crippen LogP contribution in [-0.2, 0) is 27.9 Å². The van der Waals surface area contributed by atoms with Crippen molar-refractivity contribution in [1.82, 2.24) is 15.2 Å². The number of aromatic nitrogens is 3. The quantitative estimate of drug-likeness (QED) is 0.0832. The number of pyridine rings is 1. The van der Waals surface area contributed by atoms with E-state index in [-0.39, 0.29) is 19.1 Å². The van der Waals surface area contributed by atoms with Gasteiger partial charge in [-0.05, 0) is 18.4 Å². The van der Waals surface area contributed by atoms with Crippen LogP contribution in [0.1, 0.15) is 36.3 Å². The molecule has 0 amide bonds. The second-order valence-electron chi connectivity index (χ2n) is 9.17. The maximum Gasteiger partial charge on any atom is 0.426 e. The van der Waals surface area contributed by atoms with Crippen molar-refractivity contribution in [2.24, 2.45) is 0 Å².